The number of likely N-dealkylation sites (N-methyl/N-ethyl adjacent to an activating group) is 1. The Hall–Kier alpha value is -1.95. The Balaban J connectivity index is 1.55. The van der Waals surface area contributed by atoms with Crippen molar-refractivity contribution in [1.82, 2.24) is 20.1 Å². The lowest BCUT2D eigenvalue weighted by atomic mass is 9.72. The lowest BCUT2D eigenvalue weighted by Gasteiger charge is -2.47. The van der Waals surface area contributed by atoms with Crippen LogP contribution in [0.2, 0.25) is 0 Å². The van der Waals surface area contributed by atoms with Crippen molar-refractivity contribution in [2.75, 3.05) is 39.8 Å². The third-order valence-corrected chi connectivity index (χ3v) is 5.67. The molecule has 1 N–H and O–H groups in total. The van der Waals surface area contributed by atoms with Crippen molar-refractivity contribution in [3.63, 3.8) is 0 Å². The van der Waals surface area contributed by atoms with E-state index in [-0.39, 0.29) is 17.2 Å². The van der Waals surface area contributed by atoms with Crippen LogP contribution in [0.5, 0.6) is 0 Å². The van der Waals surface area contributed by atoms with Crippen LogP contribution < -0.4 is 5.32 Å². The van der Waals surface area contributed by atoms with Gasteiger partial charge in [-0.15, -0.1) is 0 Å². The topological polar surface area (TPSA) is 65.5 Å². The summed E-state index contributed by atoms with van der Waals surface area (Å²) in [6, 6.07) is 4.02. The molecule has 25 heavy (non-hydrogen) atoms. The number of likely N-dealkylation sites (tertiary alicyclic amines) is 2. The van der Waals surface area contributed by atoms with E-state index >= 15 is 0 Å². The third-order valence-electron chi connectivity index (χ3n) is 5.67. The lowest BCUT2D eigenvalue weighted by Crippen LogP contribution is -2.53. The second-order valence-electron chi connectivity index (χ2n) is 7.33. The summed E-state index contributed by atoms with van der Waals surface area (Å²) < 4.78 is 0. The van der Waals surface area contributed by atoms with Crippen molar-refractivity contribution in [3.8, 4) is 0 Å². The molecule has 3 heterocycles. The summed E-state index contributed by atoms with van der Waals surface area (Å²) in [6.45, 7) is 3.64. The molecule has 6 heteroatoms. The molecule has 1 aromatic heterocycles. The first kappa shape index (κ1) is 17.9. The summed E-state index contributed by atoms with van der Waals surface area (Å²) in [4.78, 5) is 32.4. The summed E-state index contributed by atoms with van der Waals surface area (Å²) in [5.41, 5.74) is 1.41. The summed E-state index contributed by atoms with van der Waals surface area (Å²) in [5, 5.41) is 2.93. The number of hydrogen-bond donors (Lipinski definition) is 1. The zero-order valence-electron chi connectivity index (χ0n) is 15.0. The van der Waals surface area contributed by atoms with Crippen LogP contribution >= 0.6 is 0 Å². The number of hydrogen-bond acceptors (Lipinski definition) is 4. The molecule has 1 spiro atoms. The number of amides is 2. The molecule has 1 aromatic rings. The van der Waals surface area contributed by atoms with E-state index < -0.39 is 0 Å². The van der Waals surface area contributed by atoms with Crippen molar-refractivity contribution >= 4 is 11.8 Å². The second-order valence-corrected chi connectivity index (χ2v) is 7.33. The molecule has 2 amide bonds. The molecule has 2 aliphatic heterocycles. The van der Waals surface area contributed by atoms with Crippen LogP contribution in [0.15, 0.2) is 24.5 Å². The number of rotatable bonds is 5. The van der Waals surface area contributed by atoms with Gasteiger partial charge in [0.2, 0.25) is 11.8 Å². The van der Waals surface area contributed by atoms with Crippen LogP contribution in [0.25, 0.3) is 0 Å². The van der Waals surface area contributed by atoms with E-state index in [9.17, 15) is 9.59 Å². The molecule has 136 valence electrons. The first-order valence-electron chi connectivity index (χ1n) is 9.21. The fourth-order valence-corrected chi connectivity index (χ4v) is 4.02. The molecular formula is C19H28N4O2. The number of aromatic nitrogens is 1. The molecule has 2 saturated heterocycles. The van der Waals surface area contributed by atoms with Crippen LogP contribution in [-0.2, 0) is 16.0 Å². The van der Waals surface area contributed by atoms with Crippen molar-refractivity contribution in [2.45, 2.75) is 32.1 Å². The highest BCUT2D eigenvalue weighted by Gasteiger charge is 2.41. The van der Waals surface area contributed by atoms with Gasteiger partial charge in [0.15, 0.2) is 0 Å². The molecule has 0 unspecified atom stereocenters. The fraction of sp³-hybridized carbons (Fsp3) is 0.632. The van der Waals surface area contributed by atoms with Gasteiger partial charge in [-0.1, -0.05) is 0 Å². The number of carbonyl (C=O) groups excluding carboxylic acids is 2. The lowest BCUT2D eigenvalue weighted by molar-refractivity contribution is -0.142. The Bertz CT molecular complexity index is 597. The van der Waals surface area contributed by atoms with Gasteiger partial charge in [-0.3, -0.25) is 14.6 Å². The highest BCUT2D eigenvalue weighted by Crippen LogP contribution is 2.40. The summed E-state index contributed by atoms with van der Waals surface area (Å²) in [5.74, 6) is 0.451. The van der Waals surface area contributed by atoms with Gasteiger partial charge in [0.05, 0.1) is 6.54 Å². The van der Waals surface area contributed by atoms with E-state index in [2.05, 4.69) is 10.3 Å². The zero-order valence-corrected chi connectivity index (χ0v) is 15.0. The average molecular weight is 344 g/mol. The van der Waals surface area contributed by atoms with Gasteiger partial charge >= 0.3 is 0 Å². The predicted octanol–water partition coefficient (Wildman–Crippen LogP) is 1.07. The van der Waals surface area contributed by atoms with Gasteiger partial charge in [-0.25, -0.2) is 0 Å². The molecule has 0 aromatic carbocycles. The van der Waals surface area contributed by atoms with Crippen molar-refractivity contribution < 1.29 is 9.59 Å². The fourth-order valence-electron chi connectivity index (χ4n) is 4.02. The molecular weight excluding hydrogens is 316 g/mol. The van der Waals surface area contributed by atoms with E-state index in [0.717, 1.165) is 51.9 Å². The molecule has 0 radical (unpaired) electrons. The zero-order chi connectivity index (χ0) is 17.7. The minimum absolute atomic E-state index is 0.179. The maximum Gasteiger partial charge on any atom is 0.236 e. The van der Waals surface area contributed by atoms with Crippen LogP contribution in [0, 0.1) is 5.41 Å². The van der Waals surface area contributed by atoms with E-state index in [0.29, 0.717) is 13.0 Å². The van der Waals surface area contributed by atoms with Gasteiger partial charge < -0.3 is 15.1 Å². The first-order chi connectivity index (χ1) is 12.1. The molecule has 2 fully saturated rings. The SMILES string of the molecule is CNCC(=O)N1CCC2(CCC(=O)N(CCc3ccncc3)C2)CC1. The number of pyridine rings is 1. The van der Waals surface area contributed by atoms with E-state index in [1.807, 2.05) is 21.9 Å². The van der Waals surface area contributed by atoms with Gasteiger partial charge in [0.25, 0.3) is 0 Å². The monoisotopic (exact) mass is 344 g/mol. The first-order valence-corrected chi connectivity index (χ1v) is 9.21. The van der Waals surface area contributed by atoms with Crippen LogP contribution in [0.4, 0.5) is 0 Å². The summed E-state index contributed by atoms with van der Waals surface area (Å²) in [6.07, 6.45) is 8.08. The van der Waals surface area contributed by atoms with Crippen LogP contribution in [0.3, 0.4) is 0 Å². The van der Waals surface area contributed by atoms with Gasteiger partial charge in [0, 0.05) is 45.0 Å². The number of nitrogens with zero attached hydrogens (tertiary/aromatic N) is 3. The van der Waals surface area contributed by atoms with Gasteiger partial charge in [-0.2, -0.15) is 0 Å². The van der Waals surface area contributed by atoms with Gasteiger partial charge in [0.1, 0.15) is 0 Å². The highest BCUT2D eigenvalue weighted by atomic mass is 16.2. The molecule has 3 rings (SSSR count). The van der Waals surface area contributed by atoms with Crippen molar-refractivity contribution in [2.24, 2.45) is 5.41 Å². The Kier molecular flexibility index (Phi) is 5.68. The van der Waals surface area contributed by atoms with Gasteiger partial charge in [-0.05, 0) is 55.8 Å². The second kappa shape index (κ2) is 7.95. The minimum atomic E-state index is 0.179. The molecule has 0 atom stereocenters. The van der Waals surface area contributed by atoms with Crippen LogP contribution in [0.1, 0.15) is 31.2 Å². The van der Waals surface area contributed by atoms with Crippen LogP contribution in [-0.4, -0.2) is 66.4 Å². The smallest absolute Gasteiger partial charge is 0.236 e. The van der Waals surface area contributed by atoms with E-state index in [4.69, 9.17) is 0 Å². The Morgan fingerprint density at radius 2 is 1.96 bits per heavy atom. The Morgan fingerprint density at radius 3 is 2.64 bits per heavy atom. The van der Waals surface area contributed by atoms with E-state index in [1.165, 1.54) is 5.56 Å². The molecule has 0 aliphatic carbocycles. The Morgan fingerprint density at radius 1 is 1.24 bits per heavy atom. The molecule has 0 bridgehead atoms. The largest absolute Gasteiger partial charge is 0.342 e. The van der Waals surface area contributed by atoms with Crippen molar-refractivity contribution in [3.05, 3.63) is 30.1 Å². The maximum absolute atomic E-state index is 12.3. The summed E-state index contributed by atoms with van der Waals surface area (Å²) in [7, 11) is 1.80. The maximum atomic E-state index is 12.3. The molecule has 6 nitrogen and oxygen atoms in total. The average Bonchev–Trinajstić information content (AvgIpc) is 2.64. The number of piperidine rings is 2. The third kappa shape index (κ3) is 4.37. The summed E-state index contributed by atoms with van der Waals surface area (Å²) >= 11 is 0. The minimum Gasteiger partial charge on any atom is -0.342 e. The Labute approximate surface area is 149 Å². The standard InChI is InChI=1S/C19H28N4O2/c1-20-14-18(25)22-12-7-19(8-13-22)6-2-17(24)23(15-19)11-5-16-3-9-21-10-4-16/h3-4,9-10,20H,2,5-8,11-15H2,1H3. The normalized spacial score (nSPS) is 20.1. The number of nitrogens with one attached hydrogen (secondary N) is 1. The highest BCUT2D eigenvalue weighted by molar-refractivity contribution is 5.78. The quantitative estimate of drug-likeness (QED) is 0.868. The van der Waals surface area contributed by atoms with Crippen molar-refractivity contribution in [1.29, 1.82) is 0 Å². The molecule has 0 saturated carbocycles. The number of carbonyl (C=O) groups is 2. The molecule has 2 aliphatic rings. The predicted molar refractivity (Wildman–Crippen MR) is 95.9 cm³/mol. The van der Waals surface area contributed by atoms with E-state index in [1.54, 1.807) is 19.4 Å².